The number of imidazole rings is 1. The number of anilines is 2. The molecule has 136 valence electrons. The molecule has 3 heterocycles. The first-order valence-corrected chi connectivity index (χ1v) is 9.20. The SMILES string of the molecule is CCc1cc(-c2cnccc2Cl)ccc1N(C)c1cc2c(cn1)ncn2C. The van der Waals surface area contributed by atoms with E-state index in [1.165, 1.54) is 5.56 Å². The number of hydrogen-bond acceptors (Lipinski definition) is 4. The van der Waals surface area contributed by atoms with Crippen molar-refractivity contribution in [2.24, 2.45) is 7.05 Å². The Hall–Kier alpha value is -2.92. The van der Waals surface area contributed by atoms with Crippen molar-refractivity contribution in [1.82, 2.24) is 19.5 Å². The van der Waals surface area contributed by atoms with E-state index in [0.717, 1.165) is 40.1 Å². The molecule has 0 aliphatic heterocycles. The van der Waals surface area contributed by atoms with Gasteiger partial charge < -0.3 is 9.47 Å². The van der Waals surface area contributed by atoms with Crippen LogP contribution in [0.1, 0.15) is 12.5 Å². The molecule has 0 unspecified atom stereocenters. The fourth-order valence-corrected chi connectivity index (χ4v) is 3.49. The molecule has 0 spiro atoms. The van der Waals surface area contributed by atoms with E-state index < -0.39 is 0 Å². The fourth-order valence-electron chi connectivity index (χ4n) is 3.28. The minimum atomic E-state index is 0.705. The molecule has 0 amide bonds. The Labute approximate surface area is 163 Å². The summed E-state index contributed by atoms with van der Waals surface area (Å²) in [5.74, 6) is 0.882. The van der Waals surface area contributed by atoms with Gasteiger partial charge in [0, 0.05) is 43.8 Å². The van der Waals surface area contributed by atoms with Crippen LogP contribution in [0.3, 0.4) is 0 Å². The third-order valence-corrected chi connectivity index (χ3v) is 5.17. The summed E-state index contributed by atoms with van der Waals surface area (Å²) in [6.07, 6.45) is 8.03. The lowest BCUT2D eigenvalue weighted by atomic mass is 10.0. The molecule has 4 aromatic rings. The van der Waals surface area contributed by atoms with Gasteiger partial charge in [0.05, 0.1) is 23.1 Å². The van der Waals surface area contributed by atoms with E-state index in [4.69, 9.17) is 11.6 Å². The smallest absolute Gasteiger partial charge is 0.134 e. The van der Waals surface area contributed by atoms with Gasteiger partial charge in [-0.2, -0.15) is 0 Å². The zero-order valence-electron chi connectivity index (χ0n) is 15.5. The minimum Gasteiger partial charge on any atom is -0.334 e. The summed E-state index contributed by atoms with van der Waals surface area (Å²) in [4.78, 5) is 15.2. The zero-order valence-corrected chi connectivity index (χ0v) is 16.3. The van der Waals surface area contributed by atoms with Gasteiger partial charge in [0.15, 0.2) is 0 Å². The largest absolute Gasteiger partial charge is 0.334 e. The van der Waals surface area contributed by atoms with Gasteiger partial charge in [-0.15, -0.1) is 0 Å². The fraction of sp³-hybridized carbons (Fsp3) is 0.190. The van der Waals surface area contributed by atoms with Crippen molar-refractivity contribution >= 4 is 34.1 Å². The molecular weight excluding hydrogens is 358 g/mol. The van der Waals surface area contributed by atoms with Crippen molar-refractivity contribution in [3.05, 3.63) is 65.8 Å². The van der Waals surface area contributed by atoms with Crippen LogP contribution in [-0.4, -0.2) is 26.6 Å². The van der Waals surface area contributed by atoms with E-state index in [1.54, 1.807) is 18.7 Å². The van der Waals surface area contributed by atoms with Crippen LogP contribution in [0.15, 0.2) is 55.2 Å². The van der Waals surface area contributed by atoms with Crippen LogP contribution in [0.5, 0.6) is 0 Å². The van der Waals surface area contributed by atoms with Gasteiger partial charge in [0.1, 0.15) is 11.3 Å². The Balaban J connectivity index is 1.76. The molecule has 0 aliphatic rings. The van der Waals surface area contributed by atoms with Crippen LogP contribution in [0, 0.1) is 0 Å². The topological polar surface area (TPSA) is 46.8 Å². The van der Waals surface area contributed by atoms with Crippen LogP contribution in [0.25, 0.3) is 22.2 Å². The van der Waals surface area contributed by atoms with Gasteiger partial charge in [-0.1, -0.05) is 24.6 Å². The molecule has 0 atom stereocenters. The molecule has 0 N–H and O–H groups in total. The highest BCUT2D eigenvalue weighted by atomic mass is 35.5. The highest BCUT2D eigenvalue weighted by Crippen LogP contribution is 2.33. The Morgan fingerprint density at radius 2 is 1.96 bits per heavy atom. The number of hydrogen-bond donors (Lipinski definition) is 0. The van der Waals surface area contributed by atoms with E-state index in [2.05, 4.69) is 51.0 Å². The number of pyridine rings is 2. The van der Waals surface area contributed by atoms with Crippen LogP contribution in [0.4, 0.5) is 11.5 Å². The average Bonchev–Trinajstić information content (AvgIpc) is 3.07. The lowest BCUT2D eigenvalue weighted by Crippen LogP contribution is -2.13. The Morgan fingerprint density at radius 3 is 2.74 bits per heavy atom. The van der Waals surface area contributed by atoms with E-state index in [0.29, 0.717) is 5.02 Å². The molecule has 1 aromatic carbocycles. The number of rotatable bonds is 4. The molecule has 0 aliphatic carbocycles. The highest BCUT2D eigenvalue weighted by molar-refractivity contribution is 6.33. The van der Waals surface area contributed by atoms with Crippen molar-refractivity contribution in [3.8, 4) is 11.1 Å². The first kappa shape index (κ1) is 17.5. The maximum absolute atomic E-state index is 6.34. The summed E-state index contributed by atoms with van der Waals surface area (Å²) in [5.41, 5.74) is 6.31. The number of aromatic nitrogens is 4. The number of halogens is 1. The number of benzene rings is 1. The molecule has 0 saturated heterocycles. The molecule has 5 nitrogen and oxygen atoms in total. The molecule has 0 saturated carbocycles. The number of fused-ring (bicyclic) bond motifs is 1. The van der Waals surface area contributed by atoms with Crippen LogP contribution >= 0.6 is 11.6 Å². The molecular formula is C21H20ClN5. The van der Waals surface area contributed by atoms with Gasteiger partial charge in [-0.25, -0.2) is 9.97 Å². The van der Waals surface area contributed by atoms with Gasteiger partial charge in [0.25, 0.3) is 0 Å². The molecule has 27 heavy (non-hydrogen) atoms. The zero-order chi connectivity index (χ0) is 19.0. The monoisotopic (exact) mass is 377 g/mol. The first-order valence-electron chi connectivity index (χ1n) is 8.82. The summed E-state index contributed by atoms with van der Waals surface area (Å²) in [6.45, 7) is 2.15. The van der Waals surface area contributed by atoms with Crippen molar-refractivity contribution in [3.63, 3.8) is 0 Å². The summed E-state index contributed by atoms with van der Waals surface area (Å²) < 4.78 is 2.00. The van der Waals surface area contributed by atoms with Gasteiger partial charge in [0.2, 0.25) is 0 Å². The molecule has 0 bridgehead atoms. The standard InChI is InChI=1S/C21H20ClN5/c1-4-14-9-15(16-11-23-8-7-17(16)22)5-6-19(14)27(3)21-10-20-18(12-24-21)25-13-26(20)2/h5-13H,4H2,1-3H3. The molecule has 0 radical (unpaired) electrons. The lowest BCUT2D eigenvalue weighted by molar-refractivity contribution is 0.946. The van der Waals surface area contributed by atoms with E-state index in [1.807, 2.05) is 30.9 Å². The van der Waals surface area contributed by atoms with E-state index in [-0.39, 0.29) is 0 Å². The second-order valence-electron chi connectivity index (χ2n) is 6.50. The predicted octanol–water partition coefficient (Wildman–Crippen LogP) is 5.01. The Bertz CT molecular complexity index is 1120. The van der Waals surface area contributed by atoms with Crippen molar-refractivity contribution < 1.29 is 0 Å². The summed E-state index contributed by atoms with van der Waals surface area (Å²) >= 11 is 6.34. The van der Waals surface area contributed by atoms with Gasteiger partial charge in [-0.05, 0) is 35.7 Å². The third-order valence-electron chi connectivity index (χ3n) is 4.84. The van der Waals surface area contributed by atoms with Crippen LogP contribution < -0.4 is 4.90 Å². The van der Waals surface area contributed by atoms with Gasteiger partial charge >= 0.3 is 0 Å². The van der Waals surface area contributed by atoms with Crippen molar-refractivity contribution in [2.75, 3.05) is 11.9 Å². The molecule has 3 aromatic heterocycles. The summed E-state index contributed by atoms with van der Waals surface area (Å²) in [6, 6.07) is 10.3. The quantitative estimate of drug-likeness (QED) is 0.501. The van der Waals surface area contributed by atoms with Crippen LogP contribution in [-0.2, 0) is 13.5 Å². The minimum absolute atomic E-state index is 0.705. The number of nitrogens with zero attached hydrogens (tertiary/aromatic N) is 5. The summed E-state index contributed by atoms with van der Waals surface area (Å²) in [5, 5.41) is 0.705. The molecule has 6 heteroatoms. The van der Waals surface area contributed by atoms with E-state index >= 15 is 0 Å². The first-order chi connectivity index (χ1) is 13.1. The molecule has 0 fully saturated rings. The van der Waals surface area contributed by atoms with Crippen molar-refractivity contribution in [1.29, 1.82) is 0 Å². The van der Waals surface area contributed by atoms with Crippen LogP contribution in [0.2, 0.25) is 5.02 Å². The normalized spacial score (nSPS) is 11.1. The highest BCUT2D eigenvalue weighted by Gasteiger charge is 2.13. The molecule has 4 rings (SSSR count). The lowest BCUT2D eigenvalue weighted by Gasteiger charge is -2.22. The maximum Gasteiger partial charge on any atom is 0.134 e. The average molecular weight is 378 g/mol. The van der Waals surface area contributed by atoms with E-state index in [9.17, 15) is 0 Å². The maximum atomic E-state index is 6.34. The van der Waals surface area contributed by atoms with Gasteiger partial charge in [-0.3, -0.25) is 4.98 Å². The Morgan fingerprint density at radius 1 is 1.11 bits per heavy atom. The summed E-state index contributed by atoms with van der Waals surface area (Å²) in [7, 11) is 4.03. The number of aryl methyl sites for hydroxylation is 2. The van der Waals surface area contributed by atoms with Crippen molar-refractivity contribution in [2.45, 2.75) is 13.3 Å². The second-order valence-corrected chi connectivity index (χ2v) is 6.91. The Kier molecular flexibility index (Phi) is 4.54. The third kappa shape index (κ3) is 3.15. The second kappa shape index (κ2) is 7.00. The predicted molar refractivity (Wildman–Crippen MR) is 111 cm³/mol.